The number of aromatic amines is 1. The van der Waals surface area contributed by atoms with Crippen molar-refractivity contribution in [2.24, 2.45) is 0 Å². The van der Waals surface area contributed by atoms with Crippen molar-refractivity contribution in [3.05, 3.63) is 54.2 Å². The van der Waals surface area contributed by atoms with Crippen LogP contribution in [0.2, 0.25) is 0 Å². The number of alkyl halides is 2. The van der Waals surface area contributed by atoms with E-state index in [0.717, 1.165) is 41.1 Å². The molecule has 28 heavy (non-hydrogen) atoms. The summed E-state index contributed by atoms with van der Waals surface area (Å²) < 4.78 is 42.1. The maximum atomic E-state index is 14.5. The first-order chi connectivity index (χ1) is 13.4. The fourth-order valence-electron chi connectivity index (χ4n) is 3.08. The van der Waals surface area contributed by atoms with E-state index >= 15 is 0 Å². The van der Waals surface area contributed by atoms with Gasteiger partial charge >= 0.3 is 0 Å². The first kappa shape index (κ1) is 20.1. The smallest absolute Gasteiger partial charge is 0.285 e. The molecular weight excluding hydrogens is 367 g/mol. The van der Waals surface area contributed by atoms with Crippen molar-refractivity contribution in [1.82, 2.24) is 19.9 Å². The number of likely N-dealkylation sites (N-methyl/N-ethyl adjacent to an activating group) is 1. The highest BCUT2D eigenvalue weighted by molar-refractivity contribution is 5.86. The van der Waals surface area contributed by atoms with Crippen LogP contribution in [0.5, 0.6) is 0 Å². The number of nitrogens with one attached hydrogen (secondary N) is 2. The molecule has 0 aliphatic carbocycles. The first-order valence-corrected chi connectivity index (χ1v) is 9.30. The van der Waals surface area contributed by atoms with E-state index in [1.165, 1.54) is 6.33 Å². The number of aromatic nitrogens is 3. The Morgan fingerprint density at radius 1 is 1.18 bits per heavy atom. The average molecular weight is 391 g/mol. The van der Waals surface area contributed by atoms with Crippen molar-refractivity contribution in [1.29, 1.82) is 0 Å². The minimum atomic E-state index is -3.04. The zero-order valence-corrected chi connectivity index (χ0v) is 15.9. The van der Waals surface area contributed by atoms with Crippen LogP contribution in [0.3, 0.4) is 0 Å². The van der Waals surface area contributed by atoms with Gasteiger partial charge in [0.1, 0.15) is 23.6 Å². The van der Waals surface area contributed by atoms with Gasteiger partial charge in [-0.15, -0.1) is 0 Å². The summed E-state index contributed by atoms with van der Waals surface area (Å²) >= 11 is 0. The van der Waals surface area contributed by atoms with Crippen molar-refractivity contribution in [2.45, 2.75) is 32.2 Å². The summed E-state index contributed by atoms with van der Waals surface area (Å²) in [6.07, 6.45) is 3.95. The number of nitrogens with zero attached hydrogens (tertiary/aromatic N) is 3. The van der Waals surface area contributed by atoms with E-state index in [4.69, 9.17) is 0 Å². The Morgan fingerprint density at radius 3 is 2.64 bits per heavy atom. The van der Waals surface area contributed by atoms with Crippen LogP contribution in [0.1, 0.15) is 25.8 Å². The number of fused-ring (bicyclic) bond motifs is 1. The topological polar surface area (TPSA) is 56.8 Å². The summed E-state index contributed by atoms with van der Waals surface area (Å²) in [5.74, 6) is -2.84. The van der Waals surface area contributed by atoms with Crippen LogP contribution < -0.4 is 5.32 Å². The molecule has 3 aromatic rings. The molecule has 2 heterocycles. The second-order valence-corrected chi connectivity index (χ2v) is 6.88. The SMILES string of the molecule is CCN(CCC(C)Nc1ncnc2[nH]ccc12)CC(F)(F)c1ccc(F)cc1. The van der Waals surface area contributed by atoms with Gasteiger partial charge in [0.15, 0.2) is 0 Å². The molecule has 150 valence electrons. The normalized spacial score (nSPS) is 13.2. The fourth-order valence-corrected chi connectivity index (χ4v) is 3.08. The molecule has 5 nitrogen and oxygen atoms in total. The minimum absolute atomic E-state index is 0.0430. The molecule has 0 amide bonds. The lowest BCUT2D eigenvalue weighted by molar-refractivity contribution is -0.0372. The van der Waals surface area contributed by atoms with Crippen LogP contribution in [-0.2, 0) is 5.92 Å². The van der Waals surface area contributed by atoms with Gasteiger partial charge in [-0.2, -0.15) is 8.78 Å². The van der Waals surface area contributed by atoms with E-state index in [0.29, 0.717) is 19.5 Å². The Kier molecular flexibility index (Phi) is 6.18. The van der Waals surface area contributed by atoms with Gasteiger partial charge in [-0.25, -0.2) is 14.4 Å². The predicted molar refractivity (Wildman–Crippen MR) is 104 cm³/mol. The average Bonchev–Trinajstić information content (AvgIpc) is 3.15. The fraction of sp³-hybridized carbons (Fsp3) is 0.400. The lowest BCUT2D eigenvalue weighted by Crippen LogP contribution is -2.37. The minimum Gasteiger partial charge on any atom is -0.367 e. The summed E-state index contributed by atoms with van der Waals surface area (Å²) in [5.41, 5.74) is 0.577. The third-order valence-corrected chi connectivity index (χ3v) is 4.75. The highest BCUT2D eigenvalue weighted by Crippen LogP contribution is 2.29. The van der Waals surface area contributed by atoms with Crippen molar-refractivity contribution >= 4 is 16.9 Å². The molecule has 8 heteroatoms. The molecule has 0 fully saturated rings. The molecule has 0 saturated carbocycles. The zero-order valence-electron chi connectivity index (χ0n) is 15.9. The summed E-state index contributed by atoms with van der Waals surface area (Å²) in [6, 6.07) is 6.35. The number of rotatable bonds is 9. The van der Waals surface area contributed by atoms with Crippen LogP contribution in [0, 0.1) is 5.82 Å². The second-order valence-electron chi connectivity index (χ2n) is 6.88. The summed E-state index contributed by atoms with van der Waals surface area (Å²) in [6.45, 7) is 4.44. The molecule has 2 N–H and O–H groups in total. The molecule has 0 spiro atoms. The third kappa shape index (κ3) is 4.81. The highest BCUT2D eigenvalue weighted by Gasteiger charge is 2.33. The summed E-state index contributed by atoms with van der Waals surface area (Å²) in [7, 11) is 0. The zero-order chi connectivity index (χ0) is 20.1. The predicted octanol–water partition coefficient (Wildman–Crippen LogP) is 4.40. The number of hydrogen-bond donors (Lipinski definition) is 2. The third-order valence-electron chi connectivity index (χ3n) is 4.75. The molecule has 0 radical (unpaired) electrons. The van der Waals surface area contributed by atoms with Gasteiger partial charge < -0.3 is 10.3 Å². The van der Waals surface area contributed by atoms with Gasteiger partial charge in [0.2, 0.25) is 0 Å². The van der Waals surface area contributed by atoms with Gasteiger partial charge in [-0.05, 0) is 38.1 Å². The Hall–Kier alpha value is -2.61. The van der Waals surface area contributed by atoms with E-state index in [9.17, 15) is 13.2 Å². The Labute approximate surface area is 162 Å². The summed E-state index contributed by atoms with van der Waals surface area (Å²) in [4.78, 5) is 13.1. The van der Waals surface area contributed by atoms with Crippen LogP contribution in [0.15, 0.2) is 42.9 Å². The van der Waals surface area contributed by atoms with E-state index in [1.54, 1.807) is 11.1 Å². The molecule has 3 rings (SSSR count). The molecule has 2 aromatic heterocycles. The van der Waals surface area contributed by atoms with Crippen LogP contribution >= 0.6 is 0 Å². The van der Waals surface area contributed by atoms with Gasteiger partial charge in [0.05, 0.1) is 11.9 Å². The largest absolute Gasteiger partial charge is 0.367 e. The molecule has 0 aliphatic rings. The number of anilines is 1. The molecule has 0 aliphatic heterocycles. The quantitative estimate of drug-likeness (QED) is 0.568. The second kappa shape index (κ2) is 8.60. The van der Waals surface area contributed by atoms with Crippen molar-refractivity contribution in [2.75, 3.05) is 25.0 Å². The van der Waals surface area contributed by atoms with E-state index < -0.39 is 18.3 Å². The molecular formula is C20H24F3N5. The lowest BCUT2D eigenvalue weighted by Gasteiger charge is -2.27. The molecule has 1 atom stereocenters. The monoisotopic (exact) mass is 391 g/mol. The van der Waals surface area contributed by atoms with Gasteiger partial charge in [0, 0.05) is 24.3 Å². The first-order valence-electron chi connectivity index (χ1n) is 9.30. The molecule has 1 aromatic carbocycles. The lowest BCUT2D eigenvalue weighted by atomic mass is 10.1. The number of halogens is 3. The Morgan fingerprint density at radius 2 is 1.93 bits per heavy atom. The standard InChI is InChI=1S/C20H24F3N5/c1-3-28(12-20(22,23)15-4-6-16(21)7-5-15)11-9-14(2)27-19-17-8-10-24-18(17)25-13-26-19/h4-8,10,13-14H,3,9,11-12H2,1-2H3,(H2,24,25,26,27). The van der Waals surface area contributed by atoms with Gasteiger partial charge in [-0.3, -0.25) is 4.90 Å². The van der Waals surface area contributed by atoms with Crippen LogP contribution in [-0.4, -0.2) is 45.5 Å². The van der Waals surface area contributed by atoms with E-state index in [1.807, 2.05) is 19.9 Å². The maximum absolute atomic E-state index is 14.5. The van der Waals surface area contributed by atoms with Crippen molar-refractivity contribution < 1.29 is 13.2 Å². The molecule has 0 saturated heterocycles. The van der Waals surface area contributed by atoms with Crippen LogP contribution in [0.4, 0.5) is 19.0 Å². The maximum Gasteiger partial charge on any atom is 0.285 e. The Bertz CT molecular complexity index is 894. The highest BCUT2D eigenvalue weighted by atomic mass is 19.3. The number of H-pyrrole nitrogens is 1. The molecule has 0 bridgehead atoms. The van der Waals surface area contributed by atoms with E-state index in [-0.39, 0.29) is 11.6 Å². The number of benzene rings is 1. The van der Waals surface area contributed by atoms with E-state index in [2.05, 4.69) is 20.3 Å². The molecule has 1 unspecified atom stereocenters. The van der Waals surface area contributed by atoms with Gasteiger partial charge in [0.25, 0.3) is 5.92 Å². The van der Waals surface area contributed by atoms with Crippen molar-refractivity contribution in [3.8, 4) is 0 Å². The van der Waals surface area contributed by atoms with Crippen LogP contribution in [0.25, 0.3) is 11.0 Å². The van der Waals surface area contributed by atoms with Gasteiger partial charge in [-0.1, -0.05) is 19.1 Å². The number of hydrogen-bond acceptors (Lipinski definition) is 4. The van der Waals surface area contributed by atoms with Crippen molar-refractivity contribution in [3.63, 3.8) is 0 Å². The Balaban J connectivity index is 1.57. The summed E-state index contributed by atoms with van der Waals surface area (Å²) in [5, 5.41) is 4.22.